The van der Waals surface area contributed by atoms with Crippen molar-refractivity contribution in [2.75, 3.05) is 52.9 Å². The van der Waals surface area contributed by atoms with E-state index in [1.54, 1.807) is 76.2 Å². The molecule has 2 aromatic heterocycles. The van der Waals surface area contributed by atoms with Crippen LogP contribution in [0.15, 0.2) is 60.9 Å². The topological polar surface area (TPSA) is 302 Å². The fourth-order valence-electron chi connectivity index (χ4n) is 8.56. The van der Waals surface area contributed by atoms with Crippen molar-refractivity contribution in [2.24, 2.45) is 11.8 Å². The van der Waals surface area contributed by atoms with Gasteiger partial charge in [0.25, 0.3) is 11.8 Å². The van der Waals surface area contributed by atoms with Crippen LogP contribution in [0.3, 0.4) is 0 Å². The Morgan fingerprint density at radius 3 is 1.24 bits per heavy atom. The quantitative estimate of drug-likeness (QED) is 0.152. The molecule has 2 fully saturated rings. The van der Waals surface area contributed by atoms with E-state index >= 15 is 0 Å². The van der Waals surface area contributed by atoms with E-state index in [0.29, 0.717) is 22.1 Å². The van der Waals surface area contributed by atoms with E-state index in [2.05, 4.69) is 41.2 Å². The molecule has 2 aromatic carbocycles. The summed E-state index contributed by atoms with van der Waals surface area (Å²) in [6.07, 6.45) is 2.40. The van der Waals surface area contributed by atoms with Crippen LogP contribution in [0.4, 0.5) is 0 Å². The van der Waals surface area contributed by atoms with Crippen LogP contribution >= 0.6 is 21.6 Å². The minimum atomic E-state index is -1.65. The van der Waals surface area contributed by atoms with E-state index in [1.807, 2.05) is 0 Å². The summed E-state index contributed by atoms with van der Waals surface area (Å²) >= 11 is 0. The summed E-state index contributed by atoms with van der Waals surface area (Å²) < 4.78 is 11.4. The van der Waals surface area contributed by atoms with Crippen molar-refractivity contribution < 1.29 is 57.4 Å². The highest BCUT2D eigenvalue weighted by atomic mass is 33.1. The maximum Gasteiger partial charge on any atom is 0.329 e. The number of likely N-dealkylation sites (N-methyl/N-ethyl adjacent to an activating group) is 4. The van der Waals surface area contributed by atoms with E-state index in [9.17, 15) is 47.9 Å². The average molecular weight is 1090 g/mol. The van der Waals surface area contributed by atoms with Gasteiger partial charge in [-0.25, -0.2) is 19.6 Å². The number of nitrogens with zero attached hydrogens (tertiary/aromatic N) is 8. The number of hydrogen-bond acceptors (Lipinski definition) is 18. The fraction of sp³-hybridized carbons (Fsp3) is 0.480. The standard InChI is InChI=1S/C50H62N12O12S2/c1-25(2)39-49(71)73-21-35(57-41(63)33-19-51-29-15-11-13-17-31(29)55-33)43(65)53-28(6)46(68)60(8)38-24-76-75-23-37(47(69)61(39)9)59(7)45(67)27(5)54-44(66)36(22-74-50(72)40(26(3)4)62(10)48(38)70)58-42(64)34-20-52-30-16-12-14-18-32(30)56-34/h11-20,25-28,35-40H,21-24H2,1-10H3,(H,53,65)(H,54,66)(H,57,63)(H,58,64)/t27-,28-,35+,36+,37-,38-,39?,40?/m0/s1. The summed E-state index contributed by atoms with van der Waals surface area (Å²) in [6.45, 7) is 7.71. The molecular weight excluding hydrogens is 1020 g/mol. The zero-order valence-corrected chi connectivity index (χ0v) is 45.3. The SMILES string of the molecule is CC(C)C1C(=O)OC[C@@H](NC(=O)c2cnc3ccccc3n2)C(=O)N[C@@H](C)C(=O)N(C)[C@H]2CSSC[C@@H](C(=O)N1C)N(C)C(=O)[C@H](C)NC(=O)[C@H](NC(=O)c1cnc3ccccc3n1)COC(=O)C(C(C)C)N(C)C2=O. The Morgan fingerprint density at radius 1 is 0.553 bits per heavy atom. The number of rotatable bonds is 6. The molecule has 0 spiro atoms. The number of cyclic esters (lactones) is 2. The average Bonchev–Trinajstić information content (AvgIpc) is 3.39. The highest BCUT2D eigenvalue weighted by Gasteiger charge is 2.42. The Balaban J connectivity index is 1.39. The van der Waals surface area contributed by atoms with Crippen LogP contribution in [0.2, 0.25) is 0 Å². The molecule has 4 heterocycles. The lowest BCUT2D eigenvalue weighted by Crippen LogP contribution is -2.60. The molecule has 76 heavy (non-hydrogen) atoms. The lowest BCUT2D eigenvalue weighted by Gasteiger charge is -2.37. The van der Waals surface area contributed by atoms with Crippen molar-refractivity contribution in [3.63, 3.8) is 0 Å². The van der Waals surface area contributed by atoms with Crippen molar-refractivity contribution in [2.45, 2.75) is 89.9 Å². The molecule has 0 aliphatic carbocycles. The Bertz CT molecular complexity index is 2700. The first-order valence-electron chi connectivity index (χ1n) is 24.3. The number of fused-ring (bicyclic) bond motifs is 7. The van der Waals surface area contributed by atoms with Crippen LogP contribution < -0.4 is 21.3 Å². The summed E-state index contributed by atoms with van der Waals surface area (Å²) in [7, 11) is 7.48. The molecule has 2 aliphatic heterocycles. The number of hydrogen-bond donors (Lipinski definition) is 4. The lowest BCUT2D eigenvalue weighted by atomic mass is 10.0. The molecular formula is C50H62N12O12S2. The van der Waals surface area contributed by atoms with Crippen LogP contribution in [0.25, 0.3) is 22.1 Å². The molecule has 2 aliphatic rings. The zero-order chi connectivity index (χ0) is 55.7. The van der Waals surface area contributed by atoms with Gasteiger partial charge in [-0.3, -0.25) is 48.3 Å². The van der Waals surface area contributed by atoms with Gasteiger partial charge in [-0.2, -0.15) is 0 Å². The van der Waals surface area contributed by atoms with Gasteiger partial charge in [-0.15, -0.1) is 0 Å². The number of nitrogens with one attached hydrogen (secondary N) is 4. The molecule has 0 saturated carbocycles. The van der Waals surface area contributed by atoms with Gasteiger partial charge in [0.05, 0.1) is 34.5 Å². The number of ether oxygens (including phenoxy) is 2. The van der Waals surface area contributed by atoms with Gasteiger partial charge in [0.1, 0.15) is 72.9 Å². The van der Waals surface area contributed by atoms with Gasteiger partial charge in [-0.1, -0.05) is 73.5 Å². The van der Waals surface area contributed by atoms with Gasteiger partial charge < -0.3 is 50.3 Å². The molecule has 24 nitrogen and oxygen atoms in total. The van der Waals surface area contributed by atoms with Crippen molar-refractivity contribution >= 4 is 103 Å². The van der Waals surface area contributed by atoms with Crippen molar-refractivity contribution in [3.8, 4) is 0 Å². The lowest BCUT2D eigenvalue weighted by molar-refractivity contribution is -0.160. The Labute approximate surface area is 446 Å². The summed E-state index contributed by atoms with van der Waals surface area (Å²) in [5, 5.41) is 10.2. The summed E-state index contributed by atoms with van der Waals surface area (Å²) in [6, 6.07) is 2.10. The van der Waals surface area contributed by atoms with Crippen LogP contribution in [0.1, 0.15) is 62.5 Å². The monoisotopic (exact) mass is 1090 g/mol. The van der Waals surface area contributed by atoms with Gasteiger partial charge in [0, 0.05) is 39.7 Å². The minimum absolute atomic E-state index is 0.157. The molecule has 6 rings (SSSR count). The molecule has 0 radical (unpaired) electrons. The van der Waals surface area contributed by atoms with E-state index in [1.165, 1.54) is 54.4 Å². The predicted octanol–water partition coefficient (Wildman–Crippen LogP) is 0.594. The smallest absolute Gasteiger partial charge is 0.329 e. The number of carbonyl (C=O) groups is 10. The van der Waals surface area contributed by atoms with E-state index in [4.69, 9.17) is 9.47 Å². The molecule has 2 saturated heterocycles. The fourth-order valence-corrected chi connectivity index (χ4v) is 11.1. The van der Waals surface area contributed by atoms with Crippen LogP contribution in [-0.4, -0.2) is 200 Å². The number of esters is 2. The summed E-state index contributed by atoms with van der Waals surface area (Å²) in [5.41, 5.74) is 1.39. The summed E-state index contributed by atoms with van der Waals surface area (Å²) in [5.74, 6) is -10.3. The van der Waals surface area contributed by atoms with Gasteiger partial charge >= 0.3 is 11.9 Å². The zero-order valence-electron chi connectivity index (χ0n) is 43.7. The molecule has 26 heteroatoms. The Morgan fingerprint density at radius 2 is 0.895 bits per heavy atom. The largest absolute Gasteiger partial charge is 0.461 e. The molecule has 4 N–H and O–H groups in total. The molecule has 8 atom stereocenters. The van der Waals surface area contributed by atoms with Crippen molar-refractivity contribution in [1.82, 2.24) is 60.8 Å². The first kappa shape index (κ1) is 57.8. The van der Waals surface area contributed by atoms with Crippen molar-refractivity contribution in [3.05, 3.63) is 72.3 Å². The van der Waals surface area contributed by atoms with Gasteiger partial charge in [-0.05, 0) is 49.9 Å². The second kappa shape index (κ2) is 25.4. The Hall–Kier alpha value is -7.48. The normalized spacial score (nSPS) is 24.7. The molecule has 2 bridgehead atoms. The predicted molar refractivity (Wildman–Crippen MR) is 280 cm³/mol. The third kappa shape index (κ3) is 13.5. The van der Waals surface area contributed by atoms with Crippen LogP contribution in [0, 0.1) is 11.8 Å². The highest BCUT2D eigenvalue weighted by molar-refractivity contribution is 8.76. The second-order valence-corrected chi connectivity index (χ2v) is 21.6. The second-order valence-electron chi connectivity index (χ2n) is 19.0. The van der Waals surface area contributed by atoms with E-state index in [0.717, 1.165) is 41.2 Å². The first-order valence-corrected chi connectivity index (χ1v) is 26.8. The summed E-state index contributed by atoms with van der Waals surface area (Å²) in [4.78, 5) is 164. The minimum Gasteiger partial charge on any atom is -0.461 e. The van der Waals surface area contributed by atoms with Gasteiger partial charge in [0.15, 0.2) is 0 Å². The molecule has 8 amide bonds. The Kier molecular flexibility index (Phi) is 19.3. The number of amides is 8. The molecule has 4 aromatic rings. The molecule has 2 unspecified atom stereocenters. The highest BCUT2D eigenvalue weighted by Crippen LogP contribution is 2.29. The number of carbonyl (C=O) groups excluding carboxylic acids is 10. The number of para-hydroxylation sites is 4. The molecule has 406 valence electrons. The van der Waals surface area contributed by atoms with Crippen molar-refractivity contribution in [1.29, 1.82) is 0 Å². The third-order valence-electron chi connectivity index (χ3n) is 12.9. The third-order valence-corrected chi connectivity index (χ3v) is 15.2. The van der Waals surface area contributed by atoms with Crippen LogP contribution in [-0.2, 0) is 47.8 Å². The maximum atomic E-state index is 14.8. The number of aromatic nitrogens is 4. The van der Waals surface area contributed by atoms with E-state index < -0.39 is 133 Å². The number of benzene rings is 2. The van der Waals surface area contributed by atoms with E-state index in [-0.39, 0.29) is 22.9 Å². The van der Waals surface area contributed by atoms with Gasteiger partial charge in [0.2, 0.25) is 35.4 Å². The first-order chi connectivity index (χ1) is 36.0. The maximum absolute atomic E-state index is 14.8. The van der Waals surface area contributed by atoms with Crippen LogP contribution in [0.5, 0.6) is 0 Å².